The molecule has 0 atom stereocenters. The number of hydrogen-bond donors (Lipinski definition) is 0. The fourth-order valence-electron chi connectivity index (χ4n) is 5.57. The predicted molar refractivity (Wildman–Crippen MR) is 150 cm³/mol. The van der Waals surface area contributed by atoms with Crippen molar-refractivity contribution in [1.82, 2.24) is 0 Å². The second-order valence-electron chi connectivity index (χ2n) is 10.7. The summed E-state index contributed by atoms with van der Waals surface area (Å²) in [6.45, 7) is 17.5. The molecule has 0 heterocycles. The number of rotatable bonds is 5. The van der Waals surface area contributed by atoms with E-state index in [4.69, 9.17) is 0 Å². The molecule has 3 aromatic carbocycles. The molecule has 3 aromatic rings. The molecule has 0 unspecified atom stereocenters. The summed E-state index contributed by atoms with van der Waals surface area (Å²) in [7, 11) is 0. The third-order valence-corrected chi connectivity index (χ3v) is 15.7. The number of halogens is 2. The van der Waals surface area contributed by atoms with Gasteiger partial charge in [0.2, 0.25) is 0 Å². The summed E-state index contributed by atoms with van der Waals surface area (Å²) in [5, 5.41) is 0. The molecule has 0 fully saturated rings. The van der Waals surface area contributed by atoms with Gasteiger partial charge in [0.15, 0.2) is 0 Å². The summed E-state index contributed by atoms with van der Waals surface area (Å²) in [6.07, 6.45) is 10.1. The van der Waals surface area contributed by atoms with Crippen LogP contribution in [0, 0.1) is 5.41 Å². The Bertz CT molecular complexity index is 1370. The molecule has 188 valence electrons. The van der Waals surface area contributed by atoms with Crippen molar-refractivity contribution in [3.05, 3.63) is 129 Å². The van der Waals surface area contributed by atoms with Crippen LogP contribution in [0.25, 0.3) is 23.3 Å². The van der Waals surface area contributed by atoms with Crippen LogP contribution in [0.3, 0.4) is 0 Å². The van der Waals surface area contributed by atoms with Gasteiger partial charge in [0.1, 0.15) is 0 Å². The molecule has 0 amide bonds. The van der Waals surface area contributed by atoms with Gasteiger partial charge in [0.25, 0.3) is 0 Å². The van der Waals surface area contributed by atoms with Crippen molar-refractivity contribution in [2.45, 2.75) is 37.7 Å². The number of allylic oxidation sites excluding steroid dienone is 4. The van der Waals surface area contributed by atoms with Crippen LogP contribution >= 0.6 is 0 Å². The van der Waals surface area contributed by atoms with Crippen LogP contribution in [0.5, 0.6) is 0 Å². The van der Waals surface area contributed by atoms with E-state index in [1.807, 2.05) is 12.2 Å². The van der Waals surface area contributed by atoms with Crippen molar-refractivity contribution >= 4 is 15.4 Å². The number of fused-ring (bicyclic) bond motifs is 3. The Morgan fingerprint density at radius 2 is 1.38 bits per heavy atom. The zero-order chi connectivity index (χ0) is 24.7. The Hall–Kier alpha value is -2.05. The van der Waals surface area contributed by atoms with Crippen LogP contribution in [-0.2, 0) is 21.3 Å². The quantitative estimate of drug-likeness (QED) is 0.420. The summed E-state index contributed by atoms with van der Waals surface area (Å²) in [5.41, 5.74) is 11.2. The van der Waals surface area contributed by atoms with Crippen molar-refractivity contribution in [1.29, 1.82) is 0 Å². The SMILES string of the molecule is C=Cc1ccc2c(c1)-c1cc(C=C)ccc1[CH]2/[Zr+2]([C]1=CC(C(C)(C)C)=CC1)=[C](\C)c1ccccc1.[Cl-].[Cl-]. The standard InChI is InChI=1S/C17H13.C9H13.C8H8.2ClH.Zr/c1-3-12-5-7-14-11-15-8-6-13(4-2)10-17(15)16(14)9-12;1-9(2,3)8-6-4-5-7-8;1-2-8-6-4-3-5-7-8;;;/h3-11H,1-2H2;6-7H,4H2,1-3H3;3-7H,1H3;2*1H;/q;;;;;+2/p-2. The molecule has 0 aliphatic heterocycles. The summed E-state index contributed by atoms with van der Waals surface area (Å²) in [6, 6.07) is 25.1. The van der Waals surface area contributed by atoms with E-state index in [1.54, 1.807) is 6.49 Å². The third kappa shape index (κ3) is 5.56. The fourth-order valence-corrected chi connectivity index (χ4v) is 14.2. The zero-order valence-electron chi connectivity index (χ0n) is 22.1. The monoisotopic (exact) mass is 602 g/mol. The van der Waals surface area contributed by atoms with Crippen molar-refractivity contribution in [3.8, 4) is 11.1 Å². The van der Waals surface area contributed by atoms with Crippen LogP contribution in [0.4, 0.5) is 0 Å². The Morgan fingerprint density at radius 3 is 1.84 bits per heavy atom. The van der Waals surface area contributed by atoms with E-state index in [-0.39, 0.29) is 30.2 Å². The van der Waals surface area contributed by atoms with E-state index in [0.29, 0.717) is 3.63 Å². The first-order valence-corrected chi connectivity index (χ1v) is 16.4. The van der Waals surface area contributed by atoms with Crippen LogP contribution in [-0.4, -0.2) is 3.21 Å². The van der Waals surface area contributed by atoms with E-state index in [9.17, 15) is 0 Å². The van der Waals surface area contributed by atoms with Gasteiger partial charge in [-0.1, -0.05) is 0 Å². The molecule has 3 heteroatoms. The van der Waals surface area contributed by atoms with E-state index in [0.717, 1.165) is 6.42 Å². The van der Waals surface area contributed by atoms with Gasteiger partial charge in [-0.25, -0.2) is 0 Å². The number of benzene rings is 3. The minimum Gasteiger partial charge on any atom is -1.00 e. The molecule has 2 aliphatic rings. The molecule has 0 saturated heterocycles. The minimum atomic E-state index is -2.41. The van der Waals surface area contributed by atoms with E-state index in [2.05, 4.69) is 120 Å². The normalized spacial score (nSPS) is 14.3. The van der Waals surface area contributed by atoms with Gasteiger partial charge < -0.3 is 24.8 Å². The maximum atomic E-state index is 4.04. The van der Waals surface area contributed by atoms with Crippen LogP contribution in [0.1, 0.15) is 65.6 Å². The average molecular weight is 605 g/mol. The molecule has 5 rings (SSSR count). The van der Waals surface area contributed by atoms with Crippen molar-refractivity contribution in [3.63, 3.8) is 0 Å². The molecule has 0 bridgehead atoms. The summed E-state index contributed by atoms with van der Waals surface area (Å²) in [5.74, 6) is 0. The van der Waals surface area contributed by atoms with Gasteiger partial charge >= 0.3 is 220 Å². The second kappa shape index (κ2) is 11.8. The smallest absolute Gasteiger partial charge is 1.00 e. The number of hydrogen-bond acceptors (Lipinski definition) is 0. The molecule has 0 nitrogen and oxygen atoms in total. The average Bonchev–Trinajstić information content (AvgIpc) is 3.48. The van der Waals surface area contributed by atoms with Crippen molar-refractivity contribution < 1.29 is 46.1 Å². The molecule has 0 saturated carbocycles. The maximum absolute atomic E-state index is 4.04. The van der Waals surface area contributed by atoms with Gasteiger partial charge in [0, 0.05) is 0 Å². The first-order valence-electron chi connectivity index (χ1n) is 12.5. The first-order chi connectivity index (χ1) is 16.8. The largest absolute Gasteiger partial charge is 1.00 e. The minimum absolute atomic E-state index is 0. The van der Waals surface area contributed by atoms with Gasteiger partial charge in [-0.3, -0.25) is 0 Å². The topological polar surface area (TPSA) is 0 Å². The van der Waals surface area contributed by atoms with Crippen molar-refractivity contribution in [2.75, 3.05) is 0 Å². The van der Waals surface area contributed by atoms with E-state index < -0.39 is 21.3 Å². The second-order valence-corrected chi connectivity index (χ2v) is 17.6. The summed E-state index contributed by atoms with van der Waals surface area (Å²) >= 11 is -2.41. The van der Waals surface area contributed by atoms with Gasteiger partial charge in [-0.15, -0.1) is 0 Å². The molecule has 0 N–H and O–H groups in total. The van der Waals surface area contributed by atoms with Crippen LogP contribution in [0.15, 0.2) is 101 Å². The summed E-state index contributed by atoms with van der Waals surface area (Å²) in [4.78, 5) is 0. The summed E-state index contributed by atoms with van der Waals surface area (Å²) < 4.78 is 3.81. The van der Waals surface area contributed by atoms with Crippen LogP contribution in [0.2, 0.25) is 0 Å². The Kier molecular flexibility index (Phi) is 9.39. The van der Waals surface area contributed by atoms with E-state index in [1.165, 1.54) is 44.5 Å². The van der Waals surface area contributed by atoms with Gasteiger partial charge in [-0.05, 0) is 0 Å². The van der Waals surface area contributed by atoms with Gasteiger partial charge in [-0.2, -0.15) is 0 Å². The molecule has 2 aliphatic carbocycles. The van der Waals surface area contributed by atoms with Gasteiger partial charge in [0.05, 0.1) is 0 Å². The molecule has 0 aromatic heterocycles. The van der Waals surface area contributed by atoms with Crippen LogP contribution < -0.4 is 24.8 Å². The zero-order valence-corrected chi connectivity index (χ0v) is 26.1. The predicted octanol–water partition coefficient (Wildman–Crippen LogP) is 3.17. The van der Waals surface area contributed by atoms with Crippen molar-refractivity contribution in [2.24, 2.45) is 5.41 Å². The maximum Gasteiger partial charge on any atom is -1.00 e. The fraction of sp³-hybridized carbons (Fsp3) is 0.206. The first kappa shape index (κ1) is 29.5. The molecular weight excluding hydrogens is 571 g/mol. The van der Waals surface area contributed by atoms with E-state index >= 15 is 0 Å². The Balaban J connectivity index is 0.00000190. The molecule has 0 radical (unpaired) electrons. The Morgan fingerprint density at radius 1 is 0.838 bits per heavy atom. The Labute approximate surface area is 242 Å². The molecule has 0 spiro atoms. The molecular formula is C34H34Cl2Zr. The molecule has 37 heavy (non-hydrogen) atoms. The third-order valence-electron chi connectivity index (χ3n) is 7.52.